The van der Waals surface area contributed by atoms with Gasteiger partial charge in [-0.25, -0.2) is 18.4 Å². The predicted molar refractivity (Wildman–Crippen MR) is 151 cm³/mol. The van der Waals surface area contributed by atoms with Crippen LogP contribution in [0.15, 0.2) is 48.5 Å². The average Bonchev–Trinajstić information content (AvgIpc) is 3.42. The highest BCUT2D eigenvalue weighted by atomic mass is 19.1. The van der Waals surface area contributed by atoms with Crippen molar-refractivity contribution >= 4 is 12.0 Å². The van der Waals surface area contributed by atoms with E-state index in [1.807, 2.05) is 38.1 Å². The Labute approximate surface area is 231 Å². The molecule has 1 atom stereocenters. The van der Waals surface area contributed by atoms with Crippen molar-refractivity contribution in [3.63, 3.8) is 0 Å². The Morgan fingerprint density at radius 1 is 1.10 bits per heavy atom. The summed E-state index contributed by atoms with van der Waals surface area (Å²) in [5.74, 6) is -0.380. The van der Waals surface area contributed by atoms with Crippen LogP contribution in [0.25, 0.3) is 0 Å². The minimum Gasteiger partial charge on any atom is -0.493 e. The van der Waals surface area contributed by atoms with Gasteiger partial charge in [-0.15, -0.1) is 0 Å². The van der Waals surface area contributed by atoms with E-state index < -0.39 is 11.6 Å². The Morgan fingerprint density at radius 2 is 1.67 bits per heavy atom. The summed E-state index contributed by atoms with van der Waals surface area (Å²) in [6.07, 6.45) is 2.19. The molecule has 2 aromatic carbocycles. The number of rotatable bonds is 10. The highest BCUT2D eigenvalue weighted by Crippen LogP contribution is 2.15. The van der Waals surface area contributed by atoms with Crippen LogP contribution in [0.2, 0.25) is 0 Å². The molecule has 9 heteroatoms. The van der Waals surface area contributed by atoms with Crippen molar-refractivity contribution in [2.75, 3.05) is 19.7 Å². The normalized spacial score (nSPS) is 14.4. The molecule has 3 N–H and O–H groups in total. The molecule has 218 valence electrons. The zero-order valence-corrected chi connectivity index (χ0v) is 24.1. The van der Waals surface area contributed by atoms with Crippen LogP contribution in [0.3, 0.4) is 0 Å². The van der Waals surface area contributed by atoms with Crippen molar-refractivity contribution in [1.82, 2.24) is 15.5 Å². The summed E-state index contributed by atoms with van der Waals surface area (Å²) in [5.41, 5.74) is -0.155. The van der Waals surface area contributed by atoms with Crippen molar-refractivity contribution in [1.29, 1.82) is 0 Å². The number of carbonyl (C=O) groups is 2. The van der Waals surface area contributed by atoms with E-state index >= 15 is 0 Å². The lowest BCUT2D eigenvalue weighted by atomic mass is 10.1. The molecule has 0 saturated carbocycles. The molecule has 1 aliphatic rings. The second kappa shape index (κ2) is 17.4. The standard InChI is InChI=1S/C24H32FN3O2.C4H7FO2.C2H6/c1-18(2)17-30-23-11-7-19(8-12-23)14-27-24(29)28(16-22-4-3-13-26-22)15-20-5-9-21(25)10-6-20;1-4(2,5)3(6)7;1-2/h5-12,18,22,26H,3-4,13-17H2,1-2H3,(H,27,29);1-2H3,(H,6,7);1-2H3. The van der Waals surface area contributed by atoms with E-state index in [1.54, 1.807) is 17.0 Å². The van der Waals surface area contributed by atoms with Gasteiger partial charge in [0.25, 0.3) is 0 Å². The van der Waals surface area contributed by atoms with Crippen LogP contribution in [-0.2, 0) is 17.9 Å². The lowest BCUT2D eigenvalue weighted by molar-refractivity contribution is -0.148. The van der Waals surface area contributed by atoms with Crippen molar-refractivity contribution in [2.45, 2.75) is 79.2 Å². The lowest BCUT2D eigenvalue weighted by Gasteiger charge is -2.26. The first kappa shape index (κ1) is 33.8. The number of hydrogen-bond donors (Lipinski definition) is 3. The third-order valence-corrected chi connectivity index (χ3v) is 5.64. The Balaban J connectivity index is 0.000000735. The first-order chi connectivity index (χ1) is 18.4. The van der Waals surface area contributed by atoms with Gasteiger partial charge < -0.3 is 25.4 Å². The summed E-state index contributed by atoms with van der Waals surface area (Å²) in [4.78, 5) is 24.4. The summed E-state index contributed by atoms with van der Waals surface area (Å²) in [6.45, 7) is 13.4. The molecule has 0 spiro atoms. The Hall–Kier alpha value is -3.20. The van der Waals surface area contributed by atoms with E-state index in [2.05, 4.69) is 24.5 Å². The molecule has 0 radical (unpaired) electrons. The topological polar surface area (TPSA) is 90.9 Å². The number of hydrogen-bond acceptors (Lipinski definition) is 4. The fourth-order valence-electron chi connectivity index (χ4n) is 3.46. The third-order valence-electron chi connectivity index (χ3n) is 5.64. The molecule has 1 aliphatic heterocycles. The smallest absolute Gasteiger partial charge is 0.340 e. The van der Waals surface area contributed by atoms with E-state index in [4.69, 9.17) is 9.84 Å². The fourth-order valence-corrected chi connectivity index (χ4v) is 3.46. The molecule has 2 aromatic rings. The molecule has 0 aromatic heterocycles. The largest absolute Gasteiger partial charge is 0.493 e. The molecule has 2 amide bonds. The number of nitrogens with zero attached hydrogens (tertiary/aromatic N) is 1. The van der Waals surface area contributed by atoms with Gasteiger partial charge in [-0.1, -0.05) is 52.0 Å². The van der Waals surface area contributed by atoms with E-state index in [-0.39, 0.29) is 11.8 Å². The number of benzene rings is 2. The van der Waals surface area contributed by atoms with Gasteiger partial charge in [-0.2, -0.15) is 0 Å². The van der Waals surface area contributed by atoms with Gasteiger partial charge in [0, 0.05) is 25.7 Å². The van der Waals surface area contributed by atoms with Gasteiger partial charge in [-0.05, 0) is 74.5 Å². The van der Waals surface area contributed by atoms with Gasteiger partial charge >= 0.3 is 12.0 Å². The Kier molecular flexibility index (Phi) is 15.1. The van der Waals surface area contributed by atoms with Crippen LogP contribution in [-0.4, -0.2) is 53.4 Å². The van der Waals surface area contributed by atoms with Gasteiger partial charge in [-0.3, -0.25) is 0 Å². The molecule has 1 unspecified atom stereocenters. The zero-order valence-electron chi connectivity index (χ0n) is 24.1. The number of carboxylic acid groups (broad SMARTS) is 1. The number of halogens is 2. The summed E-state index contributed by atoms with van der Waals surface area (Å²) in [7, 11) is 0. The van der Waals surface area contributed by atoms with Crippen LogP contribution in [0.4, 0.5) is 13.6 Å². The van der Waals surface area contributed by atoms with E-state index in [9.17, 15) is 18.4 Å². The SMILES string of the molecule is CC.CC(C)(F)C(=O)O.CC(C)COc1ccc(CNC(=O)N(Cc2ccc(F)cc2)CC2CCCN2)cc1. The highest BCUT2D eigenvalue weighted by molar-refractivity contribution is 5.76. The van der Waals surface area contributed by atoms with Crippen LogP contribution in [0.5, 0.6) is 5.75 Å². The Bertz CT molecular complexity index is 971. The maximum absolute atomic E-state index is 13.2. The number of alkyl halides is 1. The minimum atomic E-state index is -2.08. The molecule has 1 saturated heterocycles. The van der Waals surface area contributed by atoms with E-state index in [0.717, 1.165) is 50.1 Å². The lowest BCUT2D eigenvalue weighted by Crippen LogP contribution is -2.45. The number of carboxylic acids is 1. The predicted octanol–water partition coefficient (Wildman–Crippen LogP) is 6.17. The fraction of sp³-hybridized carbons (Fsp3) is 0.533. The van der Waals surface area contributed by atoms with Gasteiger partial charge in [0.15, 0.2) is 0 Å². The summed E-state index contributed by atoms with van der Waals surface area (Å²) < 4.78 is 30.8. The van der Waals surface area contributed by atoms with Crippen LogP contribution >= 0.6 is 0 Å². The first-order valence-corrected chi connectivity index (χ1v) is 13.6. The van der Waals surface area contributed by atoms with E-state index in [1.165, 1.54) is 12.1 Å². The van der Waals surface area contributed by atoms with Crippen LogP contribution in [0.1, 0.15) is 65.5 Å². The molecule has 0 aliphatic carbocycles. The number of urea groups is 1. The molecule has 1 fully saturated rings. The van der Waals surface area contributed by atoms with E-state index in [0.29, 0.717) is 38.2 Å². The summed E-state index contributed by atoms with van der Waals surface area (Å²) >= 11 is 0. The number of carbonyl (C=O) groups excluding carboxylic acids is 1. The molecule has 0 bridgehead atoms. The zero-order chi connectivity index (χ0) is 29.4. The van der Waals surface area contributed by atoms with Crippen LogP contribution in [0, 0.1) is 11.7 Å². The second-order valence-electron chi connectivity index (χ2n) is 10.1. The molecule has 1 heterocycles. The molecule has 3 rings (SSSR count). The molecule has 39 heavy (non-hydrogen) atoms. The van der Waals surface area contributed by atoms with Crippen molar-refractivity contribution in [3.8, 4) is 5.75 Å². The maximum atomic E-state index is 13.2. The van der Waals surface area contributed by atoms with Crippen molar-refractivity contribution in [2.24, 2.45) is 5.92 Å². The molecule has 7 nitrogen and oxygen atoms in total. The van der Waals surface area contributed by atoms with Crippen LogP contribution < -0.4 is 15.4 Å². The molecular weight excluding hydrogens is 504 g/mol. The summed E-state index contributed by atoms with van der Waals surface area (Å²) in [5, 5.41) is 14.3. The third kappa shape index (κ3) is 14.0. The number of nitrogens with one attached hydrogen (secondary N) is 2. The second-order valence-corrected chi connectivity index (χ2v) is 10.1. The Morgan fingerprint density at radius 3 is 2.15 bits per heavy atom. The number of aliphatic carboxylic acids is 1. The number of ether oxygens (including phenoxy) is 1. The van der Waals surface area contributed by atoms with Crippen molar-refractivity contribution < 1.29 is 28.2 Å². The van der Waals surface area contributed by atoms with Gasteiger partial charge in [0.2, 0.25) is 5.67 Å². The highest BCUT2D eigenvalue weighted by Gasteiger charge is 2.25. The quantitative estimate of drug-likeness (QED) is 0.330. The summed E-state index contributed by atoms with van der Waals surface area (Å²) in [6, 6.07) is 14.3. The average molecular weight is 550 g/mol. The first-order valence-electron chi connectivity index (χ1n) is 13.6. The number of amides is 2. The maximum Gasteiger partial charge on any atom is 0.340 e. The van der Waals surface area contributed by atoms with Gasteiger partial charge in [0.1, 0.15) is 11.6 Å². The van der Waals surface area contributed by atoms with Crippen molar-refractivity contribution in [3.05, 3.63) is 65.5 Å². The van der Waals surface area contributed by atoms with Gasteiger partial charge in [0.05, 0.1) is 6.61 Å². The monoisotopic (exact) mass is 549 g/mol. The molecular formula is C30H45F2N3O4. The minimum absolute atomic E-state index is 0.117.